The summed E-state index contributed by atoms with van der Waals surface area (Å²) in [6, 6.07) is 26.3. The lowest BCUT2D eigenvalue weighted by atomic mass is 10.1. The number of hydrogen-bond acceptors (Lipinski definition) is 7. The predicted octanol–water partition coefficient (Wildman–Crippen LogP) is 6.86. The average molecular weight is 662 g/mol. The van der Waals surface area contributed by atoms with Crippen molar-refractivity contribution in [1.29, 1.82) is 0 Å². The van der Waals surface area contributed by atoms with Crippen molar-refractivity contribution in [2.75, 3.05) is 32.4 Å². The molecule has 4 rings (SSSR count). The zero-order valence-corrected chi connectivity index (χ0v) is 26.1. The van der Waals surface area contributed by atoms with E-state index in [1.165, 1.54) is 39.2 Å². The van der Waals surface area contributed by atoms with Gasteiger partial charge in [-0.15, -0.1) is 11.8 Å². The number of Topliss-reactive ketones (excluding diaryl/α,β-unsaturated/α-hetero) is 1. The fourth-order valence-electron chi connectivity index (χ4n) is 4.02. The van der Waals surface area contributed by atoms with Crippen molar-refractivity contribution in [2.45, 2.75) is 4.90 Å². The molecule has 2 N–H and O–H groups in total. The van der Waals surface area contributed by atoms with Crippen molar-refractivity contribution in [2.24, 2.45) is 0 Å². The molecule has 10 heteroatoms. The van der Waals surface area contributed by atoms with E-state index in [-0.39, 0.29) is 17.2 Å². The number of rotatable bonds is 12. The van der Waals surface area contributed by atoms with Gasteiger partial charge in [-0.2, -0.15) is 0 Å². The van der Waals surface area contributed by atoms with Crippen molar-refractivity contribution < 1.29 is 28.6 Å². The summed E-state index contributed by atoms with van der Waals surface area (Å²) in [7, 11) is 4.48. The van der Waals surface area contributed by atoms with E-state index >= 15 is 0 Å². The molecule has 0 heterocycles. The van der Waals surface area contributed by atoms with Gasteiger partial charge in [-0.1, -0.05) is 52.3 Å². The Labute approximate surface area is 262 Å². The first-order valence-electron chi connectivity index (χ1n) is 13.0. The van der Waals surface area contributed by atoms with Crippen LogP contribution in [-0.2, 0) is 4.79 Å². The molecule has 0 unspecified atom stereocenters. The summed E-state index contributed by atoms with van der Waals surface area (Å²) < 4.78 is 17.2. The Balaban J connectivity index is 1.57. The van der Waals surface area contributed by atoms with E-state index in [0.29, 0.717) is 39.6 Å². The molecule has 0 atom stereocenters. The molecular formula is C33H29BrN2O6S. The minimum atomic E-state index is -0.550. The fraction of sp³-hybridized carbons (Fsp3) is 0.121. The van der Waals surface area contributed by atoms with Crippen LogP contribution < -0.4 is 24.8 Å². The molecule has 43 heavy (non-hydrogen) atoms. The standard InChI is InChI=1S/C33H29BrN2O6S/c1-40-29-17-21(18-30(41-2)31(29)42-3)16-27(36-32(38)23-8-5-4-6-9-23)33(39)35-25-10-7-11-26(19-25)43-20-28(37)22-12-14-24(34)15-13-22/h4-19H,20H2,1-3H3,(H,35,39)(H,36,38)/b27-16-. The number of carbonyl (C=O) groups excluding carboxylic acids is 3. The summed E-state index contributed by atoms with van der Waals surface area (Å²) in [5, 5.41) is 5.58. The highest BCUT2D eigenvalue weighted by Crippen LogP contribution is 2.38. The van der Waals surface area contributed by atoms with Gasteiger partial charge < -0.3 is 24.8 Å². The largest absolute Gasteiger partial charge is 0.493 e. The molecule has 0 saturated heterocycles. The monoisotopic (exact) mass is 660 g/mol. The van der Waals surface area contributed by atoms with E-state index in [0.717, 1.165) is 9.37 Å². The van der Waals surface area contributed by atoms with Gasteiger partial charge in [-0.25, -0.2) is 0 Å². The van der Waals surface area contributed by atoms with Crippen molar-refractivity contribution in [3.63, 3.8) is 0 Å². The van der Waals surface area contributed by atoms with Crippen LogP contribution in [0.5, 0.6) is 17.2 Å². The van der Waals surface area contributed by atoms with Crippen molar-refractivity contribution in [3.05, 3.63) is 118 Å². The summed E-state index contributed by atoms with van der Waals surface area (Å²) in [6.45, 7) is 0. The molecule has 2 amide bonds. The van der Waals surface area contributed by atoms with Crippen LogP contribution in [0.25, 0.3) is 6.08 Å². The zero-order valence-electron chi connectivity index (χ0n) is 23.7. The van der Waals surface area contributed by atoms with Crippen molar-refractivity contribution >= 4 is 57.1 Å². The SMILES string of the molecule is COc1cc(/C=C(\NC(=O)c2ccccc2)C(=O)Nc2cccc(SCC(=O)c3ccc(Br)cc3)c2)cc(OC)c1OC. The van der Waals surface area contributed by atoms with E-state index in [9.17, 15) is 14.4 Å². The lowest BCUT2D eigenvalue weighted by Gasteiger charge is -2.15. The van der Waals surface area contributed by atoms with Crippen LogP contribution in [0.15, 0.2) is 106 Å². The molecule has 0 spiro atoms. The number of carbonyl (C=O) groups is 3. The van der Waals surface area contributed by atoms with Gasteiger partial charge in [-0.3, -0.25) is 14.4 Å². The molecule has 4 aromatic carbocycles. The number of anilines is 1. The van der Waals surface area contributed by atoms with E-state index in [2.05, 4.69) is 26.6 Å². The Morgan fingerprint density at radius 2 is 1.47 bits per heavy atom. The third-order valence-corrected chi connectivity index (χ3v) is 7.68. The van der Waals surface area contributed by atoms with E-state index in [1.807, 2.05) is 18.2 Å². The Hall–Kier alpha value is -4.54. The summed E-state index contributed by atoms with van der Waals surface area (Å²) in [5.74, 6) is 0.407. The first-order valence-corrected chi connectivity index (χ1v) is 14.8. The number of thioether (sulfide) groups is 1. The van der Waals surface area contributed by atoms with Crippen LogP contribution >= 0.6 is 27.7 Å². The number of ether oxygens (including phenoxy) is 3. The van der Waals surface area contributed by atoms with Crippen LogP contribution in [-0.4, -0.2) is 44.7 Å². The summed E-state index contributed by atoms with van der Waals surface area (Å²) in [4.78, 5) is 40.0. The maximum atomic E-state index is 13.6. The molecule has 0 saturated carbocycles. The van der Waals surface area contributed by atoms with Crippen molar-refractivity contribution in [1.82, 2.24) is 5.32 Å². The molecule has 0 fully saturated rings. The maximum Gasteiger partial charge on any atom is 0.272 e. The van der Waals surface area contributed by atoms with Crippen molar-refractivity contribution in [3.8, 4) is 17.2 Å². The second-order valence-corrected chi connectivity index (χ2v) is 11.0. The first kappa shape index (κ1) is 31.4. The first-order chi connectivity index (χ1) is 20.8. The van der Waals surface area contributed by atoms with E-state index in [4.69, 9.17) is 14.2 Å². The highest BCUT2D eigenvalue weighted by molar-refractivity contribution is 9.10. The second-order valence-electron chi connectivity index (χ2n) is 9.04. The molecular weight excluding hydrogens is 632 g/mol. The van der Waals surface area contributed by atoms with Crippen LogP contribution in [0.3, 0.4) is 0 Å². The van der Waals surface area contributed by atoms with Gasteiger partial charge in [0.1, 0.15) is 5.70 Å². The van der Waals surface area contributed by atoms with Gasteiger partial charge in [0.15, 0.2) is 17.3 Å². The molecule has 0 aromatic heterocycles. The van der Waals surface area contributed by atoms with Crippen LogP contribution in [0.4, 0.5) is 5.69 Å². The van der Waals surface area contributed by atoms with Crippen LogP contribution in [0.2, 0.25) is 0 Å². The highest BCUT2D eigenvalue weighted by atomic mass is 79.9. The Kier molecular flexibility index (Phi) is 11.0. The molecule has 0 radical (unpaired) electrons. The third kappa shape index (κ3) is 8.50. The van der Waals surface area contributed by atoms with Crippen LogP contribution in [0, 0.1) is 0 Å². The Morgan fingerprint density at radius 3 is 2.09 bits per heavy atom. The molecule has 4 aromatic rings. The van der Waals surface area contributed by atoms with E-state index in [1.54, 1.807) is 72.8 Å². The predicted molar refractivity (Wildman–Crippen MR) is 172 cm³/mol. The van der Waals surface area contributed by atoms with Gasteiger partial charge in [0.2, 0.25) is 5.75 Å². The summed E-state index contributed by atoms with van der Waals surface area (Å²) >= 11 is 4.74. The number of nitrogens with one attached hydrogen (secondary N) is 2. The molecule has 0 aliphatic heterocycles. The number of ketones is 1. The zero-order chi connectivity index (χ0) is 30.8. The minimum Gasteiger partial charge on any atom is -0.493 e. The Bertz CT molecular complexity index is 1620. The number of methoxy groups -OCH3 is 3. The number of amides is 2. The molecule has 0 aliphatic rings. The van der Waals surface area contributed by atoms with Gasteiger partial charge in [-0.05, 0) is 66.2 Å². The number of hydrogen-bond donors (Lipinski definition) is 2. The maximum absolute atomic E-state index is 13.6. The average Bonchev–Trinajstić information content (AvgIpc) is 3.03. The summed E-state index contributed by atoms with van der Waals surface area (Å²) in [6.07, 6.45) is 1.52. The lowest BCUT2D eigenvalue weighted by Crippen LogP contribution is -2.30. The Morgan fingerprint density at radius 1 is 0.791 bits per heavy atom. The molecule has 0 aliphatic carbocycles. The topological polar surface area (TPSA) is 103 Å². The van der Waals surface area contributed by atoms with Gasteiger partial charge in [0.05, 0.1) is 27.1 Å². The second kappa shape index (κ2) is 15.1. The third-order valence-electron chi connectivity index (χ3n) is 6.15. The fourth-order valence-corrected chi connectivity index (χ4v) is 5.14. The quantitative estimate of drug-likeness (QED) is 0.0972. The number of halogens is 1. The normalized spacial score (nSPS) is 10.9. The van der Waals surface area contributed by atoms with E-state index < -0.39 is 11.8 Å². The molecule has 8 nitrogen and oxygen atoms in total. The number of benzene rings is 4. The summed E-state index contributed by atoms with van der Waals surface area (Å²) in [5.41, 5.74) is 2.03. The van der Waals surface area contributed by atoms with Gasteiger partial charge in [0, 0.05) is 26.2 Å². The smallest absolute Gasteiger partial charge is 0.272 e. The minimum absolute atomic E-state index is 0.00778. The van der Waals surface area contributed by atoms with Crippen LogP contribution in [0.1, 0.15) is 26.3 Å². The van der Waals surface area contributed by atoms with Gasteiger partial charge >= 0.3 is 0 Å². The highest BCUT2D eigenvalue weighted by Gasteiger charge is 2.18. The van der Waals surface area contributed by atoms with Gasteiger partial charge in [0.25, 0.3) is 11.8 Å². The lowest BCUT2D eigenvalue weighted by molar-refractivity contribution is -0.113. The molecule has 0 bridgehead atoms. The molecule has 220 valence electrons.